The number of hydrogen-bond acceptors (Lipinski definition) is 4. The topological polar surface area (TPSA) is 66.9 Å². The minimum Gasteiger partial charge on any atom is -0.490 e. The van der Waals surface area contributed by atoms with Gasteiger partial charge in [0.15, 0.2) is 0 Å². The molecule has 6 nitrogen and oxygen atoms in total. The minimum atomic E-state index is -0.424. The van der Waals surface area contributed by atoms with Gasteiger partial charge in [-0.1, -0.05) is 18.2 Å². The van der Waals surface area contributed by atoms with E-state index in [0.29, 0.717) is 35.7 Å². The van der Waals surface area contributed by atoms with Gasteiger partial charge in [-0.3, -0.25) is 19.3 Å². The number of fused-ring (bicyclic) bond motifs is 2. The van der Waals surface area contributed by atoms with Crippen molar-refractivity contribution in [3.63, 3.8) is 0 Å². The van der Waals surface area contributed by atoms with Crippen LogP contribution < -0.4 is 9.64 Å². The second-order valence-electron chi connectivity index (χ2n) is 6.11. The van der Waals surface area contributed by atoms with Crippen molar-refractivity contribution in [1.29, 1.82) is 0 Å². The number of aryl methyl sites for hydroxylation is 1. The SMILES string of the molecule is Cc1ccc2c(c1)N(C(=O)CN1C(=O)c3ccccc3C1=O)CCO2. The molecule has 25 heavy (non-hydrogen) atoms. The van der Waals surface area contributed by atoms with Gasteiger partial charge >= 0.3 is 0 Å². The molecule has 0 aliphatic carbocycles. The molecule has 0 aromatic heterocycles. The minimum absolute atomic E-state index is 0.278. The zero-order valence-corrected chi connectivity index (χ0v) is 13.7. The number of anilines is 1. The molecule has 0 spiro atoms. The summed E-state index contributed by atoms with van der Waals surface area (Å²) in [7, 11) is 0. The summed E-state index contributed by atoms with van der Waals surface area (Å²) in [5, 5.41) is 0. The van der Waals surface area contributed by atoms with Gasteiger partial charge in [0, 0.05) is 0 Å². The Hall–Kier alpha value is -3.15. The Kier molecular flexibility index (Phi) is 3.53. The van der Waals surface area contributed by atoms with Crippen molar-refractivity contribution < 1.29 is 19.1 Å². The van der Waals surface area contributed by atoms with Crippen LogP contribution in [0.4, 0.5) is 5.69 Å². The third kappa shape index (κ3) is 2.46. The predicted molar refractivity (Wildman–Crippen MR) is 90.8 cm³/mol. The van der Waals surface area contributed by atoms with Crippen LogP contribution in [0, 0.1) is 6.92 Å². The summed E-state index contributed by atoms with van der Waals surface area (Å²) in [6, 6.07) is 12.2. The van der Waals surface area contributed by atoms with E-state index in [1.165, 1.54) is 0 Å². The van der Waals surface area contributed by atoms with Crippen molar-refractivity contribution in [3.8, 4) is 5.75 Å². The smallest absolute Gasteiger partial charge is 0.262 e. The van der Waals surface area contributed by atoms with E-state index in [1.807, 2.05) is 25.1 Å². The van der Waals surface area contributed by atoms with E-state index >= 15 is 0 Å². The van der Waals surface area contributed by atoms with Crippen LogP contribution in [0.3, 0.4) is 0 Å². The van der Waals surface area contributed by atoms with Crippen LogP contribution >= 0.6 is 0 Å². The zero-order valence-electron chi connectivity index (χ0n) is 13.7. The second kappa shape index (κ2) is 5.73. The average Bonchev–Trinajstić information content (AvgIpc) is 2.86. The lowest BCUT2D eigenvalue weighted by atomic mass is 10.1. The Morgan fingerprint density at radius 3 is 2.44 bits per heavy atom. The number of rotatable bonds is 2. The molecule has 0 radical (unpaired) electrons. The van der Waals surface area contributed by atoms with Gasteiger partial charge in [-0.2, -0.15) is 0 Å². The molecule has 2 heterocycles. The molecule has 2 aromatic carbocycles. The number of benzene rings is 2. The van der Waals surface area contributed by atoms with Gasteiger partial charge in [-0.25, -0.2) is 0 Å². The lowest BCUT2D eigenvalue weighted by Crippen LogP contribution is -2.45. The van der Waals surface area contributed by atoms with Crippen LogP contribution in [-0.4, -0.2) is 42.3 Å². The number of ether oxygens (including phenoxy) is 1. The van der Waals surface area contributed by atoms with Gasteiger partial charge in [0.05, 0.1) is 23.4 Å². The van der Waals surface area contributed by atoms with Crippen LogP contribution in [0.25, 0.3) is 0 Å². The van der Waals surface area contributed by atoms with E-state index < -0.39 is 11.8 Å². The first kappa shape index (κ1) is 15.4. The van der Waals surface area contributed by atoms with Crippen LogP contribution in [0.1, 0.15) is 26.3 Å². The molecule has 6 heteroatoms. The third-order valence-electron chi connectivity index (χ3n) is 4.45. The zero-order chi connectivity index (χ0) is 17.6. The number of carbonyl (C=O) groups is 3. The van der Waals surface area contributed by atoms with Crippen molar-refractivity contribution >= 4 is 23.4 Å². The van der Waals surface area contributed by atoms with Crippen molar-refractivity contribution in [2.45, 2.75) is 6.92 Å². The van der Waals surface area contributed by atoms with Crippen LogP contribution in [0.15, 0.2) is 42.5 Å². The fraction of sp³-hybridized carbons (Fsp3) is 0.211. The summed E-state index contributed by atoms with van der Waals surface area (Å²) in [4.78, 5) is 40.3. The molecule has 0 bridgehead atoms. The summed E-state index contributed by atoms with van der Waals surface area (Å²) < 4.78 is 5.58. The maximum atomic E-state index is 12.8. The first-order valence-electron chi connectivity index (χ1n) is 8.05. The molecule has 4 rings (SSSR count). The Labute approximate surface area is 144 Å². The number of hydrogen-bond donors (Lipinski definition) is 0. The van der Waals surface area contributed by atoms with E-state index in [4.69, 9.17) is 4.74 Å². The fourth-order valence-electron chi connectivity index (χ4n) is 3.19. The quantitative estimate of drug-likeness (QED) is 0.787. The monoisotopic (exact) mass is 336 g/mol. The van der Waals surface area contributed by atoms with Gasteiger partial charge in [-0.05, 0) is 36.8 Å². The molecule has 0 fully saturated rings. The highest BCUT2D eigenvalue weighted by Gasteiger charge is 2.37. The summed E-state index contributed by atoms with van der Waals surface area (Å²) >= 11 is 0. The molecule has 0 unspecified atom stereocenters. The predicted octanol–water partition coefficient (Wildman–Crippen LogP) is 2.02. The molecular formula is C19H16N2O4. The Bertz CT molecular complexity index is 871. The van der Waals surface area contributed by atoms with E-state index in [9.17, 15) is 14.4 Å². The fourth-order valence-corrected chi connectivity index (χ4v) is 3.19. The third-order valence-corrected chi connectivity index (χ3v) is 4.45. The van der Waals surface area contributed by atoms with E-state index in [-0.39, 0.29) is 12.5 Å². The van der Waals surface area contributed by atoms with Crippen molar-refractivity contribution in [2.75, 3.05) is 24.6 Å². The largest absolute Gasteiger partial charge is 0.490 e. The highest BCUT2D eigenvalue weighted by molar-refractivity contribution is 6.22. The lowest BCUT2D eigenvalue weighted by Gasteiger charge is -2.30. The van der Waals surface area contributed by atoms with Crippen molar-refractivity contribution in [2.24, 2.45) is 0 Å². The highest BCUT2D eigenvalue weighted by Crippen LogP contribution is 2.33. The molecule has 2 aliphatic rings. The average molecular weight is 336 g/mol. The maximum Gasteiger partial charge on any atom is 0.262 e. The van der Waals surface area contributed by atoms with Gasteiger partial charge in [0.25, 0.3) is 11.8 Å². The summed E-state index contributed by atoms with van der Waals surface area (Å²) in [5.41, 5.74) is 2.37. The standard InChI is InChI=1S/C19H16N2O4/c1-12-6-7-16-15(10-12)20(8-9-25-16)17(22)11-21-18(23)13-4-2-3-5-14(13)19(21)24/h2-7,10H,8-9,11H2,1H3. The maximum absolute atomic E-state index is 12.8. The molecule has 2 aromatic rings. The second-order valence-corrected chi connectivity index (χ2v) is 6.11. The first-order valence-corrected chi connectivity index (χ1v) is 8.05. The first-order chi connectivity index (χ1) is 12.1. The molecule has 3 amide bonds. The Morgan fingerprint density at radius 1 is 1.08 bits per heavy atom. The number of amides is 3. The van der Waals surface area contributed by atoms with E-state index in [0.717, 1.165) is 10.5 Å². The molecular weight excluding hydrogens is 320 g/mol. The van der Waals surface area contributed by atoms with Crippen molar-refractivity contribution in [3.05, 3.63) is 59.2 Å². The molecule has 126 valence electrons. The Morgan fingerprint density at radius 2 is 1.76 bits per heavy atom. The van der Waals surface area contributed by atoms with Crippen LogP contribution in [-0.2, 0) is 4.79 Å². The summed E-state index contributed by atoms with van der Waals surface area (Å²) in [6.07, 6.45) is 0. The Balaban J connectivity index is 1.60. The normalized spacial score (nSPS) is 15.7. The molecule has 0 atom stereocenters. The van der Waals surface area contributed by atoms with Gasteiger partial charge in [-0.15, -0.1) is 0 Å². The van der Waals surface area contributed by atoms with Gasteiger partial charge in [0.1, 0.15) is 18.9 Å². The summed E-state index contributed by atoms with van der Waals surface area (Å²) in [6.45, 7) is 2.42. The van der Waals surface area contributed by atoms with Crippen molar-refractivity contribution in [1.82, 2.24) is 4.90 Å². The van der Waals surface area contributed by atoms with Crippen LogP contribution in [0.5, 0.6) is 5.75 Å². The number of carbonyl (C=O) groups excluding carboxylic acids is 3. The van der Waals surface area contributed by atoms with E-state index in [2.05, 4.69) is 0 Å². The highest BCUT2D eigenvalue weighted by atomic mass is 16.5. The molecule has 0 saturated heterocycles. The summed E-state index contributed by atoms with van der Waals surface area (Å²) in [5.74, 6) is -0.518. The van der Waals surface area contributed by atoms with Crippen LogP contribution in [0.2, 0.25) is 0 Å². The molecule has 0 N–H and O–H groups in total. The molecule has 2 aliphatic heterocycles. The van der Waals surface area contributed by atoms with Gasteiger partial charge < -0.3 is 9.64 Å². The lowest BCUT2D eigenvalue weighted by molar-refractivity contribution is -0.119. The molecule has 0 saturated carbocycles. The number of imide groups is 1. The number of nitrogens with zero attached hydrogens (tertiary/aromatic N) is 2. The van der Waals surface area contributed by atoms with E-state index in [1.54, 1.807) is 29.2 Å². The van der Waals surface area contributed by atoms with Gasteiger partial charge in [0.2, 0.25) is 5.91 Å².